The number of benzene rings is 7. The lowest BCUT2D eigenvalue weighted by Gasteiger charge is -2.10. The molecule has 0 saturated carbocycles. The summed E-state index contributed by atoms with van der Waals surface area (Å²) < 4.78 is 6.31. The molecule has 4 nitrogen and oxygen atoms in total. The van der Waals surface area contributed by atoms with Crippen LogP contribution in [-0.4, -0.2) is 15.0 Å². The Kier molecular flexibility index (Phi) is 7.10. The van der Waals surface area contributed by atoms with Crippen LogP contribution in [0.15, 0.2) is 180 Å². The summed E-state index contributed by atoms with van der Waals surface area (Å²) in [6.45, 7) is 0. The number of furan rings is 1. The second-order valence-electron chi connectivity index (χ2n) is 12.1. The number of nitrogens with zero attached hydrogens (tertiary/aromatic N) is 3. The predicted octanol–water partition coefficient (Wildman–Crippen LogP) is 11.8. The Morgan fingerprint density at radius 2 is 0.673 bits per heavy atom. The molecule has 0 aliphatic heterocycles. The first-order valence-electron chi connectivity index (χ1n) is 16.4. The molecule has 4 heteroatoms. The van der Waals surface area contributed by atoms with Crippen LogP contribution in [0.1, 0.15) is 0 Å². The Hall–Kier alpha value is -6.65. The van der Waals surface area contributed by atoms with Crippen molar-refractivity contribution in [1.29, 1.82) is 0 Å². The van der Waals surface area contributed by atoms with Gasteiger partial charge in [-0.25, -0.2) is 15.0 Å². The van der Waals surface area contributed by atoms with Crippen LogP contribution in [0.2, 0.25) is 0 Å². The molecule has 0 saturated heterocycles. The van der Waals surface area contributed by atoms with Gasteiger partial charge < -0.3 is 4.42 Å². The van der Waals surface area contributed by atoms with Gasteiger partial charge in [0.25, 0.3) is 0 Å². The van der Waals surface area contributed by atoms with E-state index in [1.165, 1.54) is 11.1 Å². The van der Waals surface area contributed by atoms with E-state index < -0.39 is 0 Å². The van der Waals surface area contributed by atoms with Gasteiger partial charge in [0.15, 0.2) is 17.5 Å². The van der Waals surface area contributed by atoms with Gasteiger partial charge in [0.1, 0.15) is 11.2 Å². The lowest BCUT2D eigenvalue weighted by atomic mass is 9.99. The van der Waals surface area contributed by atoms with Gasteiger partial charge in [0.05, 0.1) is 0 Å². The van der Waals surface area contributed by atoms with Crippen molar-refractivity contribution in [3.8, 4) is 67.5 Å². The average molecular weight is 628 g/mol. The van der Waals surface area contributed by atoms with Crippen LogP contribution >= 0.6 is 0 Å². The number of hydrogen-bond acceptors (Lipinski definition) is 4. The molecule has 2 heterocycles. The van der Waals surface area contributed by atoms with Crippen molar-refractivity contribution in [3.05, 3.63) is 176 Å². The van der Waals surface area contributed by atoms with E-state index in [0.717, 1.165) is 60.9 Å². The maximum absolute atomic E-state index is 6.31. The largest absolute Gasteiger partial charge is 0.455 e. The van der Waals surface area contributed by atoms with Crippen LogP contribution < -0.4 is 0 Å². The zero-order valence-electron chi connectivity index (χ0n) is 26.5. The molecule has 0 fully saturated rings. The number of hydrogen-bond donors (Lipinski definition) is 0. The first-order chi connectivity index (χ1) is 24.3. The number of aromatic nitrogens is 3. The molecule has 0 bridgehead atoms. The molecular weight excluding hydrogens is 599 g/mol. The molecule has 230 valence electrons. The van der Waals surface area contributed by atoms with Crippen LogP contribution in [-0.2, 0) is 0 Å². The van der Waals surface area contributed by atoms with Crippen molar-refractivity contribution in [2.75, 3.05) is 0 Å². The van der Waals surface area contributed by atoms with E-state index in [2.05, 4.69) is 121 Å². The number of para-hydroxylation sites is 2. The normalized spacial score (nSPS) is 11.3. The third kappa shape index (κ3) is 5.45. The molecule has 2 aromatic heterocycles. The molecule has 0 N–H and O–H groups in total. The maximum Gasteiger partial charge on any atom is 0.164 e. The minimum absolute atomic E-state index is 0.623. The summed E-state index contributed by atoms with van der Waals surface area (Å²) in [5, 5.41) is 2.23. The lowest BCUT2D eigenvalue weighted by Crippen LogP contribution is -2.00. The first kappa shape index (κ1) is 28.6. The maximum atomic E-state index is 6.31. The number of rotatable bonds is 6. The molecule has 0 atom stereocenters. The van der Waals surface area contributed by atoms with Crippen molar-refractivity contribution in [2.24, 2.45) is 0 Å². The minimum Gasteiger partial charge on any atom is -0.455 e. The molecule has 0 unspecified atom stereocenters. The molecule has 0 aliphatic carbocycles. The van der Waals surface area contributed by atoms with Crippen LogP contribution in [0, 0.1) is 0 Å². The van der Waals surface area contributed by atoms with Crippen molar-refractivity contribution in [2.45, 2.75) is 0 Å². The van der Waals surface area contributed by atoms with Crippen molar-refractivity contribution >= 4 is 21.9 Å². The van der Waals surface area contributed by atoms with Crippen LogP contribution in [0.3, 0.4) is 0 Å². The van der Waals surface area contributed by atoms with Gasteiger partial charge in [0, 0.05) is 33.0 Å². The second-order valence-corrected chi connectivity index (χ2v) is 12.1. The highest BCUT2D eigenvalue weighted by Gasteiger charge is 2.15. The summed E-state index contributed by atoms with van der Waals surface area (Å²) in [6, 6.07) is 60.5. The minimum atomic E-state index is 0.623. The van der Waals surface area contributed by atoms with Gasteiger partial charge in [0.2, 0.25) is 0 Å². The predicted molar refractivity (Wildman–Crippen MR) is 200 cm³/mol. The molecule has 0 radical (unpaired) electrons. The lowest BCUT2D eigenvalue weighted by molar-refractivity contribution is 0.670. The molecule has 0 aliphatic rings. The van der Waals surface area contributed by atoms with E-state index in [0.29, 0.717) is 17.5 Å². The summed E-state index contributed by atoms with van der Waals surface area (Å²) >= 11 is 0. The van der Waals surface area contributed by atoms with Crippen molar-refractivity contribution < 1.29 is 4.42 Å². The molecule has 0 spiro atoms. The third-order valence-corrected chi connectivity index (χ3v) is 8.99. The summed E-state index contributed by atoms with van der Waals surface area (Å²) in [6.07, 6.45) is 0. The highest BCUT2D eigenvalue weighted by atomic mass is 16.3. The van der Waals surface area contributed by atoms with E-state index in [9.17, 15) is 0 Å². The zero-order chi connectivity index (χ0) is 32.6. The highest BCUT2D eigenvalue weighted by molar-refractivity contribution is 6.09. The van der Waals surface area contributed by atoms with E-state index in [1.54, 1.807) is 0 Å². The summed E-state index contributed by atoms with van der Waals surface area (Å²) in [7, 11) is 0. The highest BCUT2D eigenvalue weighted by Crippen LogP contribution is 2.36. The van der Waals surface area contributed by atoms with E-state index in [-0.39, 0.29) is 0 Å². The van der Waals surface area contributed by atoms with Crippen LogP contribution in [0.5, 0.6) is 0 Å². The second kappa shape index (κ2) is 12.2. The zero-order valence-corrected chi connectivity index (χ0v) is 26.5. The van der Waals surface area contributed by atoms with Gasteiger partial charge in [-0.3, -0.25) is 0 Å². The topological polar surface area (TPSA) is 51.8 Å². The van der Waals surface area contributed by atoms with E-state index in [1.807, 2.05) is 54.6 Å². The molecule has 9 rings (SSSR count). The fourth-order valence-electron chi connectivity index (χ4n) is 6.42. The molecule has 7 aromatic carbocycles. The summed E-state index contributed by atoms with van der Waals surface area (Å²) in [5.41, 5.74) is 11.4. The molecular formula is C45H29N3O. The third-order valence-electron chi connectivity index (χ3n) is 8.99. The van der Waals surface area contributed by atoms with Gasteiger partial charge in [-0.05, 0) is 33.9 Å². The van der Waals surface area contributed by atoms with E-state index >= 15 is 0 Å². The van der Waals surface area contributed by atoms with Crippen molar-refractivity contribution in [3.63, 3.8) is 0 Å². The standard InChI is InChI=1S/C45H29N3O/c1-3-10-30(11-4-1)31-18-20-32(21-19-31)33-22-26-36(27-23-33)44-46-43(35-12-5-2-6-13-35)47-45(48-44)37-28-24-34(25-29-37)38-15-9-16-40-39-14-7-8-17-41(39)49-42(38)40/h1-29H. The average Bonchev–Trinajstić information content (AvgIpc) is 3.58. The number of fused-ring (bicyclic) bond motifs is 3. The smallest absolute Gasteiger partial charge is 0.164 e. The quantitative estimate of drug-likeness (QED) is 0.184. The fraction of sp³-hybridized carbons (Fsp3) is 0. The molecule has 0 amide bonds. The van der Waals surface area contributed by atoms with Crippen LogP contribution in [0.4, 0.5) is 0 Å². The molecule has 9 aromatic rings. The van der Waals surface area contributed by atoms with Gasteiger partial charge in [-0.2, -0.15) is 0 Å². The van der Waals surface area contributed by atoms with E-state index in [4.69, 9.17) is 19.4 Å². The summed E-state index contributed by atoms with van der Waals surface area (Å²) in [5.74, 6) is 1.89. The monoisotopic (exact) mass is 627 g/mol. The Balaban J connectivity index is 1.06. The SMILES string of the molecule is c1ccc(-c2ccc(-c3ccc(-c4nc(-c5ccccc5)nc(-c5ccc(-c6cccc7c6oc6ccccc67)cc5)n4)cc3)cc2)cc1. The van der Waals surface area contributed by atoms with Crippen molar-refractivity contribution in [1.82, 2.24) is 15.0 Å². The summed E-state index contributed by atoms with van der Waals surface area (Å²) in [4.78, 5) is 14.9. The van der Waals surface area contributed by atoms with Gasteiger partial charge >= 0.3 is 0 Å². The Labute approximate surface area is 284 Å². The first-order valence-corrected chi connectivity index (χ1v) is 16.4. The Morgan fingerprint density at radius 3 is 1.22 bits per heavy atom. The fourth-order valence-corrected chi connectivity index (χ4v) is 6.42. The Bertz CT molecular complexity index is 2560. The molecule has 49 heavy (non-hydrogen) atoms. The van der Waals surface area contributed by atoms with Crippen LogP contribution in [0.25, 0.3) is 89.5 Å². The Morgan fingerprint density at radius 1 is 0.286 bits per heavy atom. The van der Waals surface area contributed by atoms with Gasteiger partial charge in [-0.15, -0.1) is 0 Å². The van der Waals surface area contributed by atoms with Gasteiger partial charge in [-0.1, -0.05) is 170 Å².